The van der Waals surface area contributed by atoms with Crippen LogP contribution in [0.25, 0.3) is 11.5 Å². The van der Waals surface area contributed by atoms with E-state index in [-0.39, 0.29) is 5.91 Å². The van der Waals surface area contributed by atoms with Gasteiger partial charge in [-0.15, -0.1) is 10.2 Å². The van der Waals surface area contributed by atoms with Crippen molar-refractivity contribution in [1.82, 2.24) is 20.1 Å². The average Bonchev–Trinajstić information content (AvgIpc) is 3.19. The Bertz CT molecular complexity index is 979. The number of rotatable bonds is 4. The summed E-state index contributed by atoms with van der Waals surface area (Å²) in [6, 6.07) is 11.1. The van der Waals surface area contributed by atoms with Gasteiger partial charge in [-0.2, -0.15) is 0 Å². The Kier molecular flexibility index (Phi) is 4.92. The number of aromatic nitrogens is 3. The Morgan fingerprint density at radius 3 is 2.57 bits per heavy atom. The number of hydrogen-bond acceptors (Lipinski definition) is 7. The lowest BCUT2D eigenvalue weighted by atomic mass is 10.1. The molecule has 0 atom stereocenters. The summed E-state index contributed by atoms with van der Waals surface area (Å²) >= 11 is 0. The Balaban J connectivity index is 1.50. The van der Waals surface area contributed by atoms with Crippen molar-refractivity contribution in [3.05, 3.63) is 54.0 Å². The van der Waals surface area contributed by atoms with Crippen LogP contribution in [0, 0.1) is 6.92 Å². The number of ether oxygens (including phenoxy) is 1. The number of anilines is 1. The van der Waals surface area contributed by atoms with E-state index in [1.165, 1.54) is 0 Å². The van der Waals surface area contributed by atoms with Gasteiger partial charge in [0, 0.05) is 39.3 Å². The van der Waals surface area contributed by atoms with Gasteiger partial charge in [0.05, 0.1) is 18.2 Å². The predicted molar refractivity (Wildman–Crippen MR) is 103 cm³/mol. The fraction of sp³-hybridized carbons (Fsp3) is 0.300. The third-order valence-corrected chi connectivity index (χ3v) is 4.75. The van der Waals surface area contributed by atoms with Gasteiger partial charge in [-0.05, 0) is 24.3 Å². The van der Waals surface area contributed by atoms with Crippen LogP contribution in [0.15, 0.2) is 47.0 Å². The topological polar surface area (TPSA) is 84.6 Å². The predicted octanol–water partition coefficient (Wildman–Crippen LogP) is 2.41. The average molecular weight is 379 g/mol. The van der Waals surface area contributed by atoms with E-state index in [9.17, 15) is 4.79 Å². The molecule has 1 aliphatic rings. The van der Waals surface area contributed by atoms with Gasteiger partial charge in [-0.1, -0.05) is 12.1 Å². The van der Waals surface area contributed by atoms with Crippen molar-refractivity contribution in [2.45, 2.75) is 6.92 Å². The maximum absolute atomic E-state index is 12.9. The lowest BCUT2D eigenvalue weighted by Gasteiger charge is -2.36. The highest BCUT2D eigenvalue weighted by molar-refractivity contribution is 5.97. The number of nitrogens with zero attached hydrogens (tertiary/aromatic N) is 5. The maximum Gasteiger partial charge on any atom is 0.257 e. The van der Waals surface area contributed by atoms with Gasteiger partial charge in [0.2, 0.25) is 5.89 Å². The van der Waals surface area contributed by atoms with Crippen LogP contribution in [0.4, 0.5) is 5.82 Å². The molecule has 144 valence electrons. The van der Waals surface area contributed by atoms with Crippen LogP contribution in [0.2, 0.25) is 0 Å². The summed E-state index contributed by atoms with van der Waals surface area (Å²) in [5, 5.41) is 8.02. The molecule has 3 heterocycles. The van der Waals surface area contributed by atoms with Gasteiger partial charge >= 0.3 is 0 Å². The molecule has 1 amide bonds. The van der Waals surface area contributed by atoms with Crippen molar-refractivity contribution in [1.29, 1.82) is 0 Å². The Morgan fingerprint density at radius 1 is 1.07 bits per heavy atom. The van der Waals surface area contributed by atoms with E-state index in [0.717, 1.165) is 11.4 Å². The zero-order chi connectivity index (χ0) is 19.5. The third kappa shape index (κ3) is 3.40. The van der Waals surface area contributed by atoms with E-state index >= 15 is 0 Å². The summed E-state index contributed by atoms with van der Waals surface area (Å²) in [6.07, 6.45) is 1.74. The maximum atomic E-state index is 12.9. The second-order valence-corrected chi connectivity index (χ2v) is 6.48. The molecule has 0 bridgehead atoms. The minimum absolute atomic E-state index is 0.0223. The number of carbonyl (C=O) groups is 1. The number of benzene rings is 1. The molecular formula is C20H21N5O3. The van der Waals surface area contributed by atoms with Crippen molar-refractivity contribution >= 4 is 11.7 Å². The second kappa shape index (κ2) is 7.67. The highest BCUT2D eigenvalue weighted by Crippen LogP contribution is 2.29. The number of methoxy groups -OCH3 is 1. The number of para-hydroxylation sites is 1. The zero-order valence-electron chi connectivity index (χ0n) is 15.8. The first-order valence-electron chi connectivity index (χ1n) is 9.10. The monoisotopic (exact) mass is 379 g/mol. The molecule has 1 saturated heterocycles. The SMILES string of the molecule is COc1ccccc1C(=O)N1CCN(c2ncccc2-c2nnc(C)o2)CC1. The van der Waals surface area contributed by atoms with Crippen LogP contribution >= 0.6 is 0 Å². The number of hydrogen-bond donors (Lipinski definition) is 0. The van der Waals surface area contributed by atoms with Gasteiger partial charge in [0.1, 0.15) is 11.6 Å². The minimum Gasteiger partial charge on any atom is -0.496 e. The Hall–Kier alpha value is -3.42. The summed E-state index contributed by atoms with van der Waals surface area (Å²) in [5.74, 6) is 2.32. The number of carbonyl (C=O) groups excluding carboxylic acids is 1. The smallest absolute Gasteiger partial charge is 0.257 e. The summed E-state index contributed by atoms with van der Waals surface area (Å²) in [5.41, 5.74) is 1.38. The summed E-state index contributed by atoms with van der Waals surface area (Å²) in [7, 11) is 1.58. The van der Waals surface area contributed by atoms with E-state index in [0.29, 0.717) is 49.3 Å². The molecule has 0 N–H and O–H groups in total. The molecule has 0 spiro atoms. The first-order valence-corrected chi connectivity index (χ1v) is 9.10. The van der Waals surface area contributed by atoms with Crippen LogP contribution in [0.3, 0.4) is 0 Å². The van der Waals surface area contributed by atoms with Crippen LogP contribution in [0.1, 0.15) is 16.2 Å². The molecule has 28 heavy (non-hydrogen) atoms. The number of amides is 1. The third-order valence-electron chi connectivity index (χ3n) is 4.75. The van der Waals surface area contributed by atoms with Crippen molar-refractivity contribution in [3.63, 3.8) is 0 Å². The number of piperazine rings is 1. The van der Waals surface area contributed by atoms with E-state index in [4.69, 9.17) is 9.15 Å². The van der Waals surface area contributed by atoms with E-state index < -0.39 is 0 Å². The molecule has 0 saturated carbocycles. The lowest BCUT2D eigenvalue weighted by Crippen LogP contribution is -2.49. The highest BCUT2D eigenvalue weighted by atomic mass is 16.5. The number of pyridine rings is 1. The summed E-state index contributed by atoms with van der Waals surface area (Å²) < 4.78 is 10.9. The molecule has 2 aromatic heterocycles. The first-order chi connectivity index (χ1) is 13.7. The molecular weight excluding hydrogens is 358 g/mol. The molecule has 8 heteroatoms. The fourth-order valence-corrected chi connectivity index (χ4v) is 3.33. The molecule has 0 aliphatic carbocycles. The molecule has 1 aliphatic heterocycles. The normalized spacial score (nSPS) is 14.2. The number of aryl methyl sites for hydroxylation is 1. The van der Waals surface area contributed by atoms with Crippen molar-refractivity contribution < 1.29 is 13.9 Å². The fourth-order valence-electron chi connectivity index (χ4n) is 3.33. The molecule has 3 aromatic rings. The molecule has 0 radical (unpaired) electrons. The zero-order valence-corrected chi connectivity index (χ0v) is 15.8. The first kappa shape index (κ1) is 18.0. The van der Waals surface area contributed by atoms with Crippen LogP contribution in [-0.2, 0) is 0 Å². The summed E-state index contributed by atoms with van der Waals surface area (Å²) in [6.45, 7) is 4.27. The lowest BCUT2D eigenvalue weighted by molar-refractivity contribution is 0.0743. The molecule has 0 unspecified atom stereocenters. The van der Waals surface area contributed by atoms with Crippen molar-refractivity contribution in [3.8, 4) is 17.2 Å². The van der Waals surface area contributed by atoms with E-state index in [1.807, 2.05) is 29.2 Å². The molecule has 1 aromatic carbocycles. The second-order valence-electron chi connectivity index (χ2n) is 6.48. The highest BCUT2D eigenvalue weighted by Gasteiger charge is 2.26. The Morgan fingerprint density at radius 2 is 1.86 bits per heavy atom. The van der Waals surface area contributed by atoms with Crippen molar-refractivity contribution in [2.24, 2.45) is 0 Å². The van der Waals surface area contributed by atoms with E-state index in [1.54, 1.807) is 32.4 Å². The van der Waals surface area contributed by atoms with Crippen LogP contribution in [-0.4, -0.2) is 59.3 Å². The molecule has 8 nitrogen and oxygen atoms in total. The minimum atomic E-state index is -0.0223. The quantitative estimate of drug-likeness (QED) is 0.688. The molecule has 1 fully saturated rings. The van der Waals surface area contributed by atoms with Gasteiger partial charge in [-0.25, -0.2) is 4.98 Å². The van der Waals surface area contributed by atoms with Crippen molar-refractivity contribution in [2.75, 3.05) is 38.2 Å². The van der Waals surface area contributed by atoms with Gasteiger partial charge < -0.3 is 19.0 Å². The van der Waals surface area contributed by atoms with Crippen LogP contribution < -0.4 is 9.64 Å². The Labute approximate surface area is 162 Å². The van der Waals surface area contributed by atoms with Gasteiger partial charge in [-0.3, -0.25) is 4.79 Å². The molecule has 4 rings (SSSR count). The van der Waals surface area contributed by atoms with Gasteiger partial charge in [0.15, 0.2) is 0 Å². The van der Waals surface area contributed by atoms with E-state index in [2.05, 4.69) is 20.1 Å². The van der Waals surface area contributed by atoms with Gasteiger partial charge in [0.25, 0.3) is 11.8 Å². The summed E-state index contributed by atoms with van der Waals surface area (Å²) in [4.78, 5) is 21.4. The van der Waals surface area contributed by atoms with Crippen LogP contribution in [0.5, 0.6) is 5.75 Å². The largest absolute Gasteiger partial charge is 0.496 e. The standard InChI is InChI=1S/C20H21N5O3/c1-14-22-23-19(28-14)16-7-5-9-21-18(16)24-10-12-25(13-11-24)20(26)15-6-3-4-8-17(15)27-2/h3-9H,10-13H2,1-2H3.